The average Bonchev–Trinajstić information content (AvgIpc) is 3.15. The molecular weight excluding hydrogens is 433 g/mol. The van der Waals surface area contributed by atoms with Crippen LogP contribution in [0.4, 0.5) is 0 Å². The van der Waals surface area contributed by atoms with Gasteiger partial charge in [0.15, 0.2) is 5.82 Å². The first-order chi connectivity index (χ1) is 12.0. The lowest BCUT2D eigenvalue weighted by atomic mass is 10.2. The van der Waals surface area contributed by atoms with E-state index in [1.165, 1.54) is 15.4 Å². The van der Waals surface area contributed by atoms with Crippen molar-refractivity contribution in [1.29, 1.82) is 0 Å². The first-order valence-electron chi connectivity index (χ1n) is 7.66. The molecule has 1 N–H and O–H groups in total. The summed E-state index contributed by atoms with van der Waals surface area (Å²) in [7, 11) is 0. The molecule has 2 aromatic heterocycles. The summed E-state index contributed by atoms with van der Waals surface area (Å²) < 4.78 is 3.83. The number of nitrogens with zero attached hydrogens (tertiary/aromatic N) is 4. The van der Waals surface area contributed by atoms with Crippen LogP contribution in [0.1, 0.15) is 18.5 Å². The first kappa shape index (κ1) is 17.3. The fourth-order valence-electron chi connectivity index (χ4n) is 2.27. The van der Waals surface area contributed by atoms with Crippen molar-refractivity contribution in [3.63, 3.8) is 0 Å². The maximum atomic E-state index is 12.4. The normalized spacial score (nSPS) is 11.9. The highest BCUT2D eigenvalue weighted by molar-refractivity contribution is 14.1. The second kappa shape index (κ2) is 7.60. The standard InChI is InChI=1S/C17H16IN5O2/c1-12(17(25)19-11-13-3-5-14(18)6-4-13)23-16(24)8-7-15(21-23)22-10-2-9-20-22/h2-10,12H,11H2,1H3,(H,19,25). The summed E-state index contributed by atoms with van der Waals surface area (Å²) in [6, 6.07) is 11.8. The van der Waals surface area contributed by atoms with Crippen LogP contribution in [0.25, 0.3) is 5.82 Å². The number of rotatable bonds is 5. The Hall–Kier alpha value is -2.49. The fraction of sp³-hybridized carbons (Fsp3) is 0.176. The van der Waals surface area contributed by atoms with Crippen LogP contribution >= 0.6 is 22.6 Å². The number of carbonyl (C=O) groups excluding carboxylic acids is 1. The van der Waals surface area contributed by atoms with Crippen molar-refractivity contribution < 1.29 is 4.79 Å². The van der Waals surface area contributed by atoms with Crippen molar-refractivity contribution in [1.82, 2.24) is 24.9 Å². The molecule has 0 bridgehead atoms. The molecule has 0 saturated heterocycles. The number of amides is 1. The van der Waals surface area contributed by atoms with Gasteiger partial charge in [-0.2, -0.15) is 5.10 Å². The van der Waals surface area contributed by atoms with Gasteiger partial charge in [-0.1, -0.05) is 12.1 Å². The van der Waals surface area contributed by atoms with Gasteiger partial charge in [-0.3, -0.25) is 9.59 Å². The first-order valence-corrected chi connectivity index (χ1v) is 8.74. The molecule has 128 valence electrons. The van der Waals surface area contributed by atoms with E-state index in [9.17, 15) is 9.59 Å². The topological polar surface area (TPSA) is 81.8 Å². The van der Waals surface area contributed by atoms with Crippen molar-refractivity contribution in [3.8, 4) is 5.82 Å². The molecule has 2 heterocycles. The quantitative estimate of drug-likeness (QED) is 0.604. The van der Waals surface area contributed by atoms with Gasteiger partial charge in [0.1, 0.15) is 6.04 Å². The number of hydrogen-bond donors (Lipinski definition) is 1. The monoisotopic (exact) mass is 449 g/mol. The number of nitrogens with one attached hydrogen (secondary N) is 1. The maximum absolute atomic E-state index is 12.4. The van der Waals surface area contributed by atoms with E-state index in [1.54, 1.807) is 31.5 Å². The smallest absolute Gasteiger partial charge is 0.267 e. The van der Waals surface area contributed by atoms with E-state index < -0.39 is 6.04 Å². The molecule has 1 aromatic carbocycles. The zero-order valence-electron chi connectivity index (χ0n) is 13.5. The Bertz CT molecular complexity index is 919. The molecule has 1 atom stereocenters. The van der Waals surface area contributed by atoms with Gasteiger partial charge >= 0.3 is 0 Å². The predicted molar refractivity (Wildman–Crippen MR) is 101 cm³/mol. The summed E-state index contributed by atoms with van der Waals surface area (Å²) in [4.78, 5) is 24.5. The SMILES string of the molecule is CC(C(=O)NCc1ccc(I)cc1)n1nc(-n2cccn2)ccc1=O. The van der Waals surface area contributed by atoms with Gasteiger partial charge in [0.05, 0.1) is 0 Å². The minimum atomic E-state index is -0.730. The van der Waals surface area contributed by atoms with Gasteiger partial charge in [0, 0.05) is 28.6 Å². The van der Waals surface area contributed by atoms with Crippen molar-refractivity contribution in [3.05, 3.63) is 74.3 Å². The Morgan fingerprint density at radius 2 is 2.00 bits per heavy atom. The molecule has 0 saturated carbocycles. The second-order valence-electron chi connectivity index (χ2n) is 5.45. The average molecular weight is 449 g/mol. The highest BCUT2D eigenvalue weighted by Crippen LogP contribution is 2.08. The Morgan fingerprint density at radius 1 is 1.24 bits per heavy atom. The van der Waals surface area contributed by atoms with Crippen molar-refractivity contribution in [2.75, 3.05) is 0 Å². The van der Waals surface area contributed by atoms with E-state index >= 15 is 0 Å². The molecule has 1 amide bonds. The van der Waals surface area contributed by atoms with Crippen LogP contribution in [0.5, 0.6) is 0 Å². The summed E-state index contributed by atoms with van der Waals surface area (Å²) in [5, 5.41) is 11.2. The number of halogens is 1. The molecule has 7 nitrogen and oxygen atoms in total. The molecule has 3 rings (SSSR count). The molecule has 0 aliphatic heterocycles. The van der Waals surface area contributed by atoms with Gasteiger partial charge in [-0.05, 0) is 59.3 Å². The zero-order valence-corrected chi connectivity index (χ0v) is 15.6. The van der Waals surface area contributed by atoms with Crippen LogP contribution in [0, 0.1) is 3.57 Å². The number of benzene rings is 1. The molecule has 0 aliphatic rings. The molecule has 8 heteroatoms. The third kappa shape index (κ3) is 4.13. The molecule has 1 unspecified atom stereocenters. The minimum absolute atomic E-state index is 0.272. The van der Waals surface area contributed by atoms with Gasteiger partial charge in [0.25, 0.3) is 5.56 Å². The predicted octanol–water partition coefficient (Wildman–Crippen LogP) is 1.91. The Balaban J connectivity index is 1.74. The molecule has 0 aliphatic carbocycles. The lowest BCUT2D eigenvalue weighted by Gasteiger charge is -2.15. The third-order valence-corrected chi connectivity index (χ3v) is 4.40. The number of aromatic nitrogens is 4. The lowest BCUT2D eigenvalue weighted by molar-refractivity contribution is -0.124. The van der Waals surface area contributed by atoms with E-state index in [-0.39, 0.29) is 11.5 Å². The number of carbonyl (C=O) groups is 1. The molecule has 0 spiro atoms. The summed E-state index contributed by atoms with van der Waals surface area (Å²) in [6.45, 7) is 2.04. The Kier molecular flexibility index (Phi) is 5.27. The van der Waals surface area contributed by atoms with Crippen LogP contribution in [-0.4, -0.2) is 25.5 Å². The molecule has 0 radical (unpaired) electrons. The van der Waals surface area contributed by atoms with Gasteiger partial charge in [-0.25, -0.2) is 9.36 Å². The summed E-state index contributed by atoms with van der Waals surface area (Å²) in [6.07, 6.45) is 3.34. The lowest BCUT2D eigenvalue weighted by Crippen LogP contribution is -2.37. The van der Waals surface area contributed by atoms with Gasteiger partial charge in [0.2, 0.25) is 5.91 Å². The minimum Gasteiger partial charge on any atom is -0.350 e. The highest BCUT2D eigenvalue weighted by Gasteiger charge is 2.17. The highest BCUT2D eigenvalue weighted by atomic mass is 127. The van der Waals surface area contributed by atoms with E-state index in [0.29, 0.717) is 12.4 Å². The van der Waals surface area contributed by atoms with Crippen LogP contribution in [-0.2, 0) is 11.3 Å². The van der Waals surface area contributed by atoms with Crippen LogP contribution in [0.3, 0.4) is 0 Å². The summed E-state index contributed by atoms with van der Waals surface area (Å²) >= 11 is 2.23. The van der Waals surface area contributed by atoms with E-state index in [4.69, 9.17) is 0 Å². The van der Waals surface area contributed by atoms with Gasteiger partial charge < -0.3 is 5.32 Å². The van der Waals surface area contributed by atoms with E-state index in [0.717, 1.165) is 9.13 Å². The van der Waals surface area contributed by atoms with Crippen LogP contribution in [0.15, 0.2) is 59.7 Å². The maximum Gasteiger partial charge on any atom is 0.267 e. The second-order valence-corrected chi connectivity index (χ2v) is 6.69. The molecule has 0 fully saturated rings. The van der Waals surface area contributed by atoms with Gasteiger partial charge in [-0.15, -0.1) is 5.10 Å². The Labute approximate surface area is 157 Å². The van der Waals surface area contributed by atoms with Crippen molar-refractivity contribution in [2.45, 2.75) is 19.5 Å². The summed E-state index contributed by atoms with van der Waals surface area (Å²) in [5.41, 5.74) is 0.652. The third-order valence-electron chi connectivity index (χ3n) is 3.68. The Morgan fingerprint density at radius 3 is 2.68 bits per heavy atom. The van der Waals surface area contributed by atoms with Crippen LogP contribution in [0.2, 0.25) is 0 Å². The van der Waals surface area contributed by atoms with E-state index in [1.807, 2.05) is 24.3 Å². The van der Waals surface area contributed by atoms with E-state index in [2.05, 4.69) is 38.1 Å². The largest absolute Gasteiger partial charge is 0.350 e. The zero-order chi connectivity index (χ0) is 17.8. The van der Waals surface area contributed by atoms with Crippen LogP contribution < -0.4 is 10.9 Å². The summed E-state index contributed by atoms with van der Waals surface area (Å²) in [5.74, 6) is 0.202. The fourth-order valence-corrected chi connectivity index (χ4v) is 2.63. The molecule has 3 aromatic rings. The van der Waals surface area contributed by atoms with Crippen molar-refractivity contribution >= 4 is 28.5 Å². The molecule has 25 heavy (non-hydrogen) atoms. The molecular formula is C17H16IN5O2. The van der Waals surface area contributed by atoms with Crippen molar-refractivity contribution in [2.24, 2.45) is 0 Å². The number of hydrogen-bond acceptors (Lipinski definition) is 4.